The molecule has 0 aliphatic carbocycles. The van der Waals surface area contributed by atoms with Crippen molar-refractivity contribution in [3.63, 3.8) is 0 Å². The maximum atomic E-state index is 5.69. The van der Waals surface area contributed by atoms with E-state index < -0.39 is 0 Å². The Balaban J connectivity index is 3.12. The van der Waals surface area contributed by atoms with Crippen molar-refractivity contribution >= 4 is 5.69 Å². The molecule has 0 unspecified atom stereocenters. The van der Waals surface area contributed by atoms with Crippen molar-refractivity contribution in [1.29, 1.82) is 0 Å². The second kappa shape index (κ2) is 8.21. The topological polar surface area (TPSA) is 29.3 Å². The van der Waals surface area contributed by atoms with Crippen molar-refractivity contribution in [3.8, 4) is 0 Å². The van der Waals surface area contributed by atoms with Crippen LogP contribution < -0.4 is 10.6 Å². The van der Waals surface area contributed by atoms with E-state index in [1.165, 1.54) is 29.7 Å². The van der Waals surface area contributed by atoms with Crippen molar-refractivity contribution in [2.24, 2.45) is 5.73 Å². The second-order valence-electron chi connectivity index (χ2n) is 5.57. The Morgan fingerprint density at radius 3 is 2.21 bits per heavy atom. The minimum absolute atomic E-state index is 0.568. The third kappa shape index (κ3) is 4.54. The lowest BCUT2D eigenvalue weighted by Gasteiger charge is -2.28. The molecule has 0 fully saturated rings. The van der Waals surface area contributed by atoms with Gasteiger partial charge >= 0.3 is 0 Å². The van der Waals surface area contributed by atoms with E-state index in [9.17, 15) is 0 Å². The zero-order valence-electron chi connectivity index (χ0n) is 13.1. The Morgan fingerprint density at radius 1 is 1.11 bits per heavy atom. The summed E-state index contributed by atoms with van der Waals surface area (Å²) in [4.78, 5) is 2.54. The summed E-state index contributed by atoms with van der Waals surface area (Å²) in [6.45, 7) is 12.1. The van der Waals surface area contributed by atoms with Gasteiger partial charge in [0.05, 0.1) is 0 Å². The molecular weight excluding hydrogens is 232 g/mol. The van der Waals surface area contributed by atoms with Crippen molar-refractivity contribution in [1.82, 2.24) is 0 Å². The summed E-state index contributed by atoms with van der Waals surface area (Å²) < 4.78 is 0. The molecule has 0 amide bonds. The highest BCUT2D eigenvalue weighted by molar-refractivity contribution is 5.57. The Bertz CT molecular complexity index is 366. The number of hydrogen-bond donors (Lipinski definition) is 1. The van der Waals surface area contributed by atoms with Gasteiger partial charge in [-0.25, -0.2) is 0 Å². The van der Waals surface area contributed by atoms with Gasteiger partial charge in [0.1, 0.15) is 0 Å². The van der Waals surface area contributed by atoms with Crippen molar-refractivity contribution in [3.05, 3.63) is 29.3 Å². The van der Waals surface area contributed by atoms with Gasteiger partial charge in [0.25, 0.3) is 0 Å². The van der Waals surface area contributed by atoms with Crippen molar-refractivity contribution in [2.45, 2.75) is 52.9 Å². The molecule has 0 aliphatic heterocycles. The van der Waals surface area contributed by atoms with Gasteiger partial charge in [-0.05, 0) is 48.9 Å². The van der Waals surface area contributed by atoms with Crippen LogP contribution in [0.2, 0.25) is 0 Å². The third-order valence-corrected chi connectivity index (χ3v) is 3.48. The standard InChI is InChI=1S/C17H30N2/c1-5-11-19(12-6-2)17-13-15(9-10-18)7-8-16(17)14(3)4/h7-8,13-14H,5-6,9-12,18H2,1-4H3. The fourth-order valence-electron chi connectivity index (χ4n) is 2.57. The molecule has 0 saturated heterocycles. The minimum atomic E-state index is 0.568. The van der Waals surface area contributed by atoms with Gasteiger partial charge < -0.3 is 10.6 Å². The lowest BCUT2D eigenvalue weighted by Crippen LogP contribution is -2.26. The first-order valence-electron chi connectivity index (χ1n) is 7.71. The van der Waals surface area contributed by atoms with Gasteiger partial charge in [-0.1, -0.05) is 39.8 Å². The van der Waals surface area contributed by atoms with Gasteiger partial charge in [-0.15, -0.1) is 0 Å². The molecule has 2 heteroatoms. The summed E-state index contributed by atoms with van der Waals surface area (Å²) >= 11 is 0. The van der Waals surface area contributed by atoms with Crippen LogP contribution in [-0.2, 0) is 6.42 Å². The van der Waals surface area contributed by atoms with E-state index in [4.69, 9.17) is 5.73 Å². The molecule has 0 atom stereocenters. The Kier molecular flexibility index (Phi) is 6.93. The number of nitrogens with zero attached hydrogens (tertiary/aromatic N) is 1. The molecule has 1 aromatic carbocycles. The lowest BCUT2D eigenvalue weighted by atomic mass is 9.97. The molecule has 0 aliphatic rings. The van der Waals surface area contributed by atoms with Gasteiger partial charge in [0, 0.05) is 18.8 Å². The van der Waals surface area contributed by atoms with Crippen LogP contribution >= 0.6 is 0 Å². The summed E-state index contributed by atoms with van der Waals surface area (Å²) in [7, 11) is 0. The summed E-state index contributed by atoms with van der Waals surface area (Å²) in [6, 6.07) is 6.89. The molecule has 0 aromatic heterocycles. The van der Waals surface area contributed by atoms with Crippen LogP contribution in [0.15, 0.2) is 18.2 Å². The molecule has 19 heavy (non-hydrogen) atoms. The molecule has 0 saturated carbocycles. The summed E-state index contributed by atoms with van der Waals surface area (Å²) in [5.41, 5.74) is 9.93. The van der Waals surface area contributed by atoms with Crippen LogP contribution in [0.1, 0.15) is 57.6 Å². The highest BCUT2D eigenvalue weighted by atomic mass is 15.1. The van der Waals surface area contributed by atoms with E-state index in [1.54, 1.807) is 0 Å². The first-order chi connectivity index (χ1) is 9.13. The molecule has 2 N–H and O–H groups in total. The number of benzene rings is 1. The van der Waals surface area contributed by atoms with Crippen LogP contribution in [0.3, 0.4) is 0 Å². The first kappa shape index (κ1) is 16.0. The monoisotopic (exact) mass is 262 g/mol. The summed E-state index contributed by atoms with van der Waals surface area (Å²) in [6.07, 6.45) is 3.36. The van der Waals surface area contributed by atoms with Gasteiger partial charge in [-0.3, -0.25) is 0 Å². The van der Waals surface area contributed by atoms with Gasteiger partial charge in [0.2, 0.25) is 0 Å². The average Bonchev–Trinajstić information content (AvgIpc) is 2.38. The predicted octanol–water partition coefficient (Wildman–Crippen LogP) is 3.94. The SMILES string of the molecule is CCCN(CCC)c1cc(CCN)ccc1C(C)C. The van der Waals surface area contributed by atoms with Crippen LogP contribution in [0.4, 0.5) is 5.69 Å². The predicted molar refractivity (Wildman–Crippen MR) is 86.1 cm³/mol. The molecule has 0 spiro atoms. The van der Waals surface area contributed by atoms with Crippen molar-refractivity contribution in [2.75, 3.05) is 24.5 Å². The third-order valence-electron chi connectivity index (χ3n) is 3.48. The number of rotatable bonds is 8. The highest BCUT2D eigenvalue weighted by Crippen LogP contribution is 2.29. The van der Waals surface area contributed by atoms with E-state index in [0.717, 1.165) is 26.1 Å². The average molecular weight is 262 g/mol. The van der Waals surface area contributed by atoms with E-state index >= 15 is 0 Å². The fourth-order valence-corrected chi connectivity index (χ4v) is 2.57. The zero-order valence-corrected chi connectivity index (χ0v) is 13.1. The molecule has 2 nitrogen and oxygen atoms in total. The Labute approximate surface area is 119 Å². The number of nitrogens with two attached hydrogens (primary N) is 1. The quantitative estimate of drug-likeness (QED) is 0.769. The van der Waals surface area contributed by atoms with E-state index in [0.29, 0.717) is 5.92 Å². The van der Waals surface area contributed by atoms with E-state index in [1.807, 2.05) is 0 Å². The van der Waals surface area contributed by atoms with E-state index in [2.05, 4.69) is 50.8 Å². The Hall–Kier alpha value is -1.02. The number of hydrogen-bond acceptors (Lipinski definition) is 2. The molecule has 1 rings (SSSR count). The van der Waals surface area contributed by atoms with Crippen LogP contribution in [-0.4, -0.2) is 19.6 Å². The first-order valence-corrected chi connectivity index (χ1v) is 7.71. The molecule has 108 valence electrons. The van der Waals surface area contributed by atoms with Gasteiger partial charge in [0.15, 0.2) is 0 Å². The second-order valence-corrected chi connectivity index (χ2v) is 5.57. The molecule has 0 radical (unpaired) electrons. The minimum Gasteiger partial charge on any atom is -0.371 e. The zero-order chi connectivity index (χ0) is 14.3. The van der Waals surface area contributed by atoms with Crippen molar-refractivity contribution < 1.29 is 0 Å². The maximum absolute atomic E-state index is 5.69. The van der Waals surface area contributed by atoms with E-state index in [-0.39, 0.29) is 0 Å². The van der Waals surface area contributed by atoms with Crippen LogP contribution in [0.5, 0.6) is 0 Å². The largest absolute Gasteiger partial charge is 0.371 e. The highest BCUT2D eigenvalue weighted by Gasteiger charge is 2.13. The maximum Gasteiger partial charge on any atom is 0.0404 e. The van der Waals surface area contributed by atoms with Crippen LogP contribution in [0, 0.1) is 0 Å². The smallest absolute Gasteiger partial charge is 0.0404 e. The molecule has 0 bridgehead atoms. The normalized spacial score (nSPS) is 11.1. The fraction of sp³-hybridized carbons (Fsp3) is 0.647. The summed E-state index contributed by atoms with van der Waals surface area (Å²) in [5.74, 6) is 0.568. The molecule has 0 heterocycles. The Morgan fingerprint density at radius 2 is 1.74 bits per heavy atom. The van der Waals surface area contributed by atoms with Crippen LogP contribution in [0.25, 0.3) is 0 Å². The summed E-state index contributed by atoms with van der Waals surface area (Å²) in [5, 5.41) is 0. The number of anilines is 1. The van der Waals surface area contributed by atoms with Gasteiger partial charge in [-0.2, -0.15) is 0 Å². The lowest BCUT2D eigenvalue weighted by molar-refractivity contribution is 0.731. The molecular formula is C17H30N2. The molecule has 1 aromatic rings.